The third-order valence-electron chi connectivity index (χ3n) is 2.38. The molecule has 10 heteroatoms. The van der Waals surface area contributed by atoms with E-state index in [1.165, 1.54) is 4.63 Å². The van der Waals surface area contributed by atoms with Crippen molar-refractivity contribution in [2.75, 3.05) is 18.5 Å². The third-order valence-corrected chi connectivity index (χ3v) is 2.38. The van der Waals surface area contributed by atoms with Crippen LogP contribution in [0.5, 0.6) is 0 Å². The Bertz CT molecular complexity index is 710. The molecule has 0 bridgehead atoms. The maximum atomic E-state index is 11.9. The number of nitrogens with zero attached hydrogens (tertiary/aromatic N) is 5. The highest BCUT2D eigenvalue weighted by Gasteiger charge is 2.15. The fourth-order valence-corrected chi connectivity index (χ4v) is 1.51. The zero-order valence-corrected chi connectivity index (χ0v) is 12.0. The zero-order chi connectivity index (χ0) is 15.9. The first kappa shape index (κ1) is 15.4. The topological polar surface area (TPSA) is 121 Å². The number of tetrazole rings is 1. The highest BCUT2D eigenvalue weighted by atomic mass is 16.5. The first-order chi connectivity index (χ1) is 10.6. The van der Waals surface area contributed by atoms with Crippen LogP contribution in [0.4, 0.5) is 5.82 Å². The molecule has 0 aliphatic heterocycles. The van der Waals surface area contributed by atoms with Crippen LogP contribution in [0.2, 0.25) is 0 Å². The first-order valence-electron chi connectivity index (χ1n) is 6.52. The molecule has 0 spiro atoms. The number of carbonyl (C=O) groups excluding carboxylic acids is 2. The van der Waals surface area contributed by atoms with Gasteiger partial charge in [0.1, 0.15) is 5.70 Å². The maximum absolute atomic E-state index is 11.9. The van der Waals surface area contributed by atoms with Gasteiger partial charge in [0, 0.05) is 0 Å². The number of hydrogen-bond donors (Lipinski definition) is 1. The molecule has 0 fully saturated rings. The molecule has 2 rings (SSSR count). The minimum Gasteiger partial charge on any atom is -0.463 e. The van der Waals surface area contributed by atoms with Crippen molar-refractivity contribution in [2.45, 2.75) is 13.8 Å². The van der Waals surface area contributed by atoms with Crippen molar-refractivity contribution in [1.29, 1.82) is 0 Å². The van der Waals surface area contributed by atoms with Gasteiger partial charge in [0.05, 0.1) is 19.3 Å². The zero-order valence-electron chi connectivity index (χ0n) is 12.0. The van der Waals surface area contributed by atoms with Gasteiger partial charge in [0.15, 0.2) is 11.5 Å². The minimum absolute atomic E-state index is 0.0970. The van der Waals surface area contributed by atoms with E-state index in [1.54, 1.807) is 26.0 Å². The molecule has 116 valence electrons. The van der Waals surface area contributed by atoms with Crippen LogP contribution in [0.15, 0.2) is 23.9 Å². The van der Waals surface area contributed by atoms with E-state index >= 15 is 0 Å². The van der Waals surface area contributed by atoms with Crippen LogP contribution in [-0.2, 0) is 19.1 Å². The summed E-state index contributed by atoms with van der Waals surface area (Å²) >= 11 is 0. The van der Waals surface area contributed by atoms with E-state index in [0.29, 0.717) is 5.65 Å². The Morgan fingerprint density at radius 2 is 2.05 bits per heavy atom. The lowest BCUT2D eigenvalue weighted by molar-refractivity contribution is -0.140. The quantitative estimate of drug-likeness (QED) is 0.577. The van der Waals surface area contributed by atoms with Gasteiger partial charge < -0.3 is 14.8 Å². The summed E-state index contributed by atoms with van der Waals surface area (Å²) in [4.78, 5) is 23.4. The normalized spacial score (nSPS) is 11.3. The van der Waals surface area contributed by atoms with Crippen LogP contribution < -0.4 is 5.32 Å². The van der Waals surface area contributed by atoms with E-state index in [1.807, 2.05) is 0 Å². The molecule has 0 aromatic carbocycles. The van der Waals surface area contributed by atoms with Gasteiger partial charge in [-0.05, 0) is 36.4 Å². The smallest absolute Gasteiger partial charge is 0.355 e. The number of ether oxygens (including phenoxy) is 2. The number of esters is 2. The first-order valence-corrected chi connectivity index (χ1v) is 6.52. The molecule has 0 radical (unpaired) electrons. The van der Waals surface area contributed by atoms with Crippen LogP contribution in [0, 0.1) is 0 Å². The standard InChI is InChI=1S/C12H14N6O4/c1-3-21-11(19)7-8(12(20)22-4-2)13-9-5-6-10-14-16-17-18(10)15-9/h5-7H,3-4H2,1-2H3,(H,13,15)/b8-7+. The average molecular weight is 306 g/mol. The Balaban J connectivity index is 2.24. The summed E-state index contributed by atoms with van der Waals surface area (Å²) in [5.41, 5.74) is 0.345. The molecule has 22 heavy (non-hydrogen) atoms. The van der Waals surface area contributed by atoms with E-state index in [2.05, 4.69) is 25.9 Å². The highest BCUT2D eigenvalue weighted by molar-refractivity contribution is 5.98. The van der Waals surface area contributed by atoms with Crippen molar-refractivity contribution in [3.63, 3.8) is 0 Å². The van der Waals surface area contributed by atoms with Crippen LogP contribution >= 0.6 is 0 Å². The molecule has 2 heterocycles. The summed E-state index contributed by atoms with van der Waals surface area (Å²) < 4.78 is 10.8. The number of aromatic nitrogens is 5. The molecular formula is C12H14N6O4. The van der Waals surface area contributed by atoms with Gasteiger partial charge in [-0.15, -0.1) is 14.8 Å². The Labute approximate surface area is 125 Å². The lowest BCUT2D eigenvalue weighted by Gasteiger charge is -2.09. The molecule has 2 aromatic rings. The van der Waals surface area contributed by atoms with Gasteiger partial charge in [0.2, 0.25) is 0 Å². The largest absolute Gasteiger partial charge is 0.463 e. The van der Waals surface area contributed by atoms with Crippen LogP contribution in [-0.4, -0.2) is 50.4 Å². The Morgan fingerprint density at radius 1 is 1.27 bits per heavy atom. The van der Waals surface area contributed by atoms with Crippen molar-refractivity contribution in [3.8, 4) is 0 Å². The van der Waals surface area contributed by atoms with Gasteiger partial charge in [-0.1, -0.05) is 0 Å². The lowest BCUT2D eigenvalue weighted by atomic mass is 10.3. The lowest BCUT2D eigenvalue weighted by Crippen LogP contribution is -2.18. The van der Waals surface area contributed by atoms with Crippen LogP contribution in [0.1, 0.15) is 13.8 Å². The molecule has 0 saturated heterocycles. The van der Waals surface area contributed by atoms with Gasteiger partial charge >= 0.3 is 11.9 Å². The van der Waals surface area contributed by atoms with Crippen LogP contribution in [0.3, 0.4) is 0 Å². The monoisotopic (exact) mass is 306 g/mol. The number of fused-ring (bicyclic) bond motifs is 1. The van der Waals surface area contributed by atoms with Crippen molar-refractivity contribution in [1.82, 2.24) is 25.3 Å². The second-order valence-electron chi connectivity index (χ2n) is 3.90. The number of nitrogens with one attached hydrogen (secondary N) is 1. The Kier molecular flexibility index (Phi) is 4.96. The van der Waals surface area contributed by atoms with E-state index < -0.39 is 11.9 Å². The molecule has 0 amide bonds. The summed E-state index contributed by atoms with van der Waals surface area (Å²) in [6.45, 7) is 3.68. The number of hydrogen-bond acceptors (Lipinski definition) is 9. The minimum atomic E-state index is -0.700. The molecule has 0 aliphatic carbocycles. The Hall–Kier alpha value is -3.04. The fraction of sp³-hybridized carbons (Fsp3) is 0.333. The molecule has 0 atom stereocenters. The van der Waals surface area contributed by atoms with Crippen LogP contribution in [0.25, 0.3) is 5.65 Å². The number of rotatable bonds is 6. The summed E-state index contributed by atoms with van der Waals surface area (Å²) in [5.74, 6) is -1.10. The predicted molar refractivity (Wildman–Crippen MR) is 73.5 cm³/mol. The molecular weight excluding hydrogens is 292 g/mol. The summed E-state index contributed by atoms with van der Waals surface area (Å²) in [7, 11) is 0. The number of anilines is 1. The fourth-order valence-electron chi connectivity index (χ4n) is 1.51. The number of carbonyl (C=O) groups is 2. The molecule has 10 nitrogen and oxygen atoms in total. The van der Waals surface area contributed by atoms with Gasteiger partial charge in [-0.25, -0.2) is 9.59 Å². The van der Waals surface area contributed by atoms with E-state index in [4.69, 9.17) is 9.47 Å². The van der Waals surface area contributed by atoms with E-state index in [-0.39, 0.29) is 24.7 Å². The van der Waals surface area contributed by atoms with E-state index in [9.17, 15) is 9.59 Å². The highest BCUT2D eigenvalue weighted by Crippen LogP contribution is 2.09. The molecule has 2 aromatic heterocycles. The molecule has 0 aliphatic rings. The second kappa shape index (κ2) is 7.11. The summed E-state index contributed by atoms with van der Waals surface area (Å²) in [5, 5.41) is 17.5. The average Bonchev–Trinajstić information content (AvgIpc) is 2.94. The van der Waals surface area contributed by atoms with Gasteiger partial charge in [-0.2, -0.15) is 0 Å². The third kappa shape index (κ3) is 3.75. The molecule has 1 N–H and O–H groups in total. The van der Waals surface area contributed by atoms with E-state index in [0.717, 1.165) is 6.08 Å². The second-order valence-corrected chi connectivity index (χ2v) is 3.90. The SMILES string of the molecule is CCOC(=O)/C=C(/Nc1ccc2nnnn2n1)C(=O)OCC. The van der Waals surface area contributed by atoms with Crippen molar-refractivity contribution < 1.29 is 19.1 Å². The Morgan fingerprint density at radius 3 is 2.77 bits per heavy atom. The predicted octanol–water partition coefficient (Wildman–Crippen LogP) is -0.0587. The summed E-state index contributed by atoms with van der Waals surface area (Å²) in [6, 6.07) is 3.16. The van der Waals surface area contributed by atoms with Gasteiger partial charge in [-0.3, -0.25) is 0 Å². The summed E-state index contributed by atoms with van der Waals surface area (Å²) in [6.07, 6.45) is 1.01. The van der Waals surface area contributed by atoms with Crippen molar-refractivity contribution >= 4 is 23.4 Å². The molecule has 0 saturated carbocycles. The maximum Gasteiger partial charge on any atom is 0.355 e. The molecule has 0 unspecified atom stereocenters. The van der Waals surface area contributed by atoms with Gasteiger partial charge in [0.25, 0.3) is 0 Å². The van der Waals surface area contributed by atoms with Crippen molar-refractivity contribution in [3.05, 3.63) is 23.9 Å². The van der Waals surface area contributed by atoms with Crippen molar-refractivity contribution in [2.24, 2.45) is 0 Å².